The van der Waals surface area contributed by atoms with E-state index in [2.05, 4.69) is 20.5 Å². The molecular formula is C32H22I2N6O14S4. The van der Waals surface area contributed by atoms with Gasteiger partial charge in [-0.3, -0.25) is 18.2 Å². The number of rotatable bonds is 9. The van der Waals surface area contributed by atoms with Crippen LogP contribution in [0.4, 0.5) is 34.1 Å². The first-order valence-corrected chi connectivity index (χ1v) is 23.2. The van der Waals surface area contributed by atoms with E-state index in [0.717, 1.165) is 60.7 Å². The highest BCUT2D eigenvalue weighted by Crippen LogP contribution is 2.46. The zero-order chi connectivity index (χ0) is 42.9. The number of hydrogen-bond donors (Lipinski definition) is 8. The number of anilines is 2. The maximum absolute atomic E-state index is 12.6. The first-order valence-electron chi connectivity index (χ1n) is 15.3. The Bertz CT molecular complexity index is 3090. The molecule has 0 fully saturated rings. The van der Waals surface area contributed by atoms with Gasteiger partial charge in [-0.15, -0.1) is 10.2 Å². The Morgan fingerprint density at radius 3 is 1.07 bits per heavy atom. The monoisotopic (exact) mass is 1100 g/mol. The van der Waals surface area contributed by atoms with E-state index < -0.39 is 82.7 Å². The summed E-state index contributed by atoms with van der Waals surface area (Å²) in [7, 11) is -19.9. The molecule has 0 heterocycles. The zero-order valence-electron chi connectivity index (χ0n) is 28.2. The molecule has 20 nitrogen and oxygen atoms in total. The molecule has 0 aromatic heterocycles. The lowest BCUT2D eigenvalue weighted by molar-refractivity contribution is 0.479. The molecule has 10 N–H and O–H groups in total. The minimum absolute atomic E-state index is 0.0846. The van der Waals surface area contributed by atoms with E-state index in [1.165, 1.54) is 12.1 Å². The summed E-state index contributed by atoms with van der Waals surface area (Å²) in [6.45, 7) is 0. The van der Waals surface area contributed by atoms with E-state index in [9.17, 15) is 62.1 Å². The van der Waals surface area contributed by atoms with Crippen molar-refractivity contribution in [3.63, 3.8) is 0 Å². The number of fused-ring (bicyclic) bond motifs is 2. The summed E-state index contributed by atoms with van der Waals surface area (Å²) >= 11 is 3.43. The van der Waals surface area contributed by atoms with Crippen molar-refractivity contribution in [2.45, 2.75) is 19.6 Å². The molecule has 0 unspecified atom stereocenters. The summed E-state index contributed by atoms with van der Waals surface area (Å²) < 4.78 is 138. The maximum atomic E-state index is 12.6. The number of phenols is 2. The predicted molar refractivity (Wildman–Crippen MR) is 225 cm³/mol. The van der Waals surface area contributed by atoms with E-state index in [1.54, 1.807) is 45.2 Å². The molecule has 0 atom stereocenters. The van der Waals surface area contributed by atoms with Gasteiger partial charge in [0.2, 0.25) is 0 Å². The van der Waals surface area contributed by atoms with Crippen LogP contribution in [0, 0.1) is 7.14 Å². The number of aromatic hydroxyl groups is 2. The van der Waals surface area contributed by atoms with E-state index in [0.29, 0.717) is 0 Å². The van der Waals surface area contributed by atoms with Crippen LogP contribution in [0.25, 0.3) is 32.7 Å². The Kier molecular flexibility index (Phi) is 11.2. The molecule has 0 bridgehead atoms. The normalized spacial score (nSPS) is 13.0. The lowest BCUT2D eigenvalue weighted by Gasteiger charge is -2.13. The van der Waals surface area contributed by atoms with Crippen molar-refractivity contribution < 1.29 is 62.1 Å². The van der Waals surface area contributed by atoms with Crippen molar-refractivity contribution in [2.24, 2.45) is 20.5 Å². The Balaban J connectivity index is 1.42. The average molecular weight is 1100 g/mol. The summed E-state index contributed by atoms with van der Waals surface area (Å²) in [6, 6.07) is 12.7. The number of halogens is 2. The van der Waals surface area contributed by atoms with Gasteiger partial charge in [-0.1, -0.05) is 12.1 Å². The van der Waals surface area contributed by atoms with Gasteiger partial charge >= 0.3 is 0 Å². The quantitative estimate of drug-likeness (QED) is 0.0305. The van der Waals surface area contributed by atoms with Crippen molar-refractivity contribution in [3.05, 3.63) is 79.9 Å². The van der Waals surface area contributed by atoms with Gasteiger partial charge in [0.15, 0.2) is 11.5 Å². The van der Waals surface area contributed by atoms with Gasteiger partial charge in [-0.25, -0.2) is 0 Å². The Morgan fingerprint density at radius 1 is 0.431 bits per heavy atom. The van der Waals surface area contributed by atoms with Gasteiger partial charge in [0.05, 0.1) is 22.1 Å². The molecule has 26 heteroatoms. The summed E-state index contributed by atoms with van der Waals surface area (Å²) in [5.41, 5.74) is 9.83. The van der Waals surface area contributed by atoms with Crippen LogP contribution in [-0.4, -0.2) is 62.1 Å². The standard InChI is InChI=1S/C32H22I2N6O14S4/c33-17-11-21(31(41)29-19(35)5-7-23(27(17)29)55(43,44)45)39-37-13-1-3-15(25(9-13)57(49,50)51)16-4-2-14(10-26(16)58(52,53)54)38-40-22-12-18(34)28-24(56(46,47)48)8-6-20(36)30(28)32(22)42/h1-12,41-42H,35-36H2,(H,43,44,45)(H,46,47,48)(H,49,50,51)(H,52,53,54). The van der Waals surface area contributed by atoms with Gasteiger partial charge in [-0.2, -0.15) is 43.9 Å². The summed E-state index contributed by atoms with van der Waals surface area (Å²) in [6.07, 6.45) is 0. The van der Waals surface area contributed by atoms with E-state index in [-0.39, 0.29) is 62.8 Å². The minimum atomic E-state index is -5.18. The van der Waals surface area contributed by atoms with E-state index >= 15 is 0 Å². The molecule has 6 aromatic carbocycles. The number of benzene rings is 6. The summed E-state index contributed by atoms with van der Waals surface area (Å²) in [5, 5.41) is 36.9. The second-order valence-corrected chi connectivity index (χ2v) is 19.8. The highest BCUT2D eigenvalue weighted by Gasteiger charge is 2.26. The highest BCUT2D eigenvalue weighted by molar-refractivity contribution is 14.1. The molecule has 0 saturated heterocycles. The van der Waals surface area contributed by atoms with Gasteiger partial charge in [0, 0.05) is 40.4 Å². The number of hydrogen-bond acceptors (Lipinski definition) is 16. The first kappa shape index (κ1) is 42.9. The molecule has 0 aliphatic rings. The topological polar surface area (TPSA) is 359 Å². The van der Waals surface area contributed by atoms with Crippen molar-refractivity contribution >= 4 is 141 Å². The minimum Gasteiger partial charge on any atom is -0.505 e. The molecule has 302 valence electrons. The molecule has 0 radical (unpaired) electrons. The van der Waals surface area contributed by atoms with E-state index in [4.69, 9.17) is 11.5 Å². The molecule has 58 heavy (non-hydrogen) atoms. The van der Waals surface area contributed by atoms with Crippen LogP contribution in [0.15, 0.2) is 113 Å². The maximum Gasteiger partial charge on any atom is 0.295 e. The third-order valence-electron chi connectivity index (χ3n) is 8.24. The summed E-state index contributed by atoms with van der Waals surface area (Å²) in [5.74, 6) is -1.30. The van der Waals surface area contributed by atoms with Crippen LogP contribution in [0.1, 0.15) is 0 Å². The van der Waals surface area contributed by atoms with Crippen molar-refractivity contribution in [1.82, 2.24) is 0 Å². The fourth-order valence-corrected chi connectivity index (χ4v) is 10.7. The first-order chi connectivity index (χ1) is 26.8. The van der Waals surface area contributed by atoms with Crippen LogP contribution in [0.5, 0.6) is 11.5 Å². The van der Waals surface area contributed by atoms with Crippen LogP contribution >= 0.6 is 45.2 Å². The van der Waals surface area contributed by atoms with Crippen LogP contribution < -0.4 is 11.5 Å². The molecule has 0 amide bonds. The molecule has 6 rings (SSSR count). The number of nitrogen functional groups attached to an aromatic ring is 2. The van der Waals surface area contributed by atoms with Crippen molar-refractivity contribution in [2.75, 3.05) is 11.5 Å². The third kappa shape index (κ3) is 8.28. The molecule has 0 saturated carbocycles. The van der Waals surface area contributed by atoms with Gasteiger partial charge < -0.3 is 21.7 Å². The lowest BCUT2D eigenvalue weighted by atomic mass is 10.0. The Morgan fingerprint density at radius 2 is 0.759 bits per heavy atom. The van der Waals surface area contributed by atoms with Gasteiger partial charge in [0.1, 0.15) is 31.0 Å². The van der Waals surface area contributed by atoms with Gasteiger partial charge in [-0.05, 0) is 106 Å². The Hall–Kier alpha value is -4.66. The average Bonchev–Trinajstić information content (AvgIpc) is 3.11. The molecular weight excluding hydrogens is 1070 g/mol. The predicted octanol–water partition coefficient (Wildman–Crippen LogP) is 7.26. The highest BCUT2D eigenvalue weighted by atomic mass is 127. The fourth-order valence-electron chi connectivity index (χ4n) is 5.78. The molecule has 0 spiro atoms. The van der Waals surface area contributed by atoms with E-state index in [1.807, 2.05) is 0 Å². The number of nitrogens with zero attached hydrogens (tertiary/aromatic N) is 4. The summed E-state index contributed by atoms with van der Waals surface area (Å²) in [4.78, 5) is -2.89. The largest absolute Gasteiger partial charge is 0.505 e. The van der Waals surface area contributed by atoms with Crippen LogP contribution in [-0.2, 0) is 40.5 Å². The zero-order valence-corrected chi connectivity index (χ0v) is 35.8. The van der Waals surface area contributed by atoms with Crippen molar-refractivity contribution in [3.8, 4) is 22.6 Å². The lowest BCUT2D eigenvalue weighted by Crippen LogP contribution is -2.05. The van der Waals surface area contributed by atoms with Crippen LogP contribution in [0.3, 0.4) is 0 Å². The SMILES string of the molecule is Nc1ccc(S(=O)(=O)O)c2c(I)cc(N=Nc3ccc(-c4ccc(N=Nc5cc(I)c6c(S(=O)(=O)O)ccc(N)c6c5O)cc4S(=O)(=O)O)c(S(=O)(=O)O)c3)c(O)c12. The number of nitrogens with two attached hydrogens (primary N) is 2. The Labute approximate surface area is 354 Å². The van der Waals surface area contributed by atoms with Crippen molar-refractivity contribution in [1.29, 1.82) is 0 Å². The number of phenolic OH excluding ortho intramolecular Hbond substituents is 2. The second-order valence-electron chi connectivity index (χ2n) is 11.9. The molecule has 0 aliphatic heterocycles. The van der Waals surface area contributed by atoms with Crippen LogP contribution in [0.2, 0.25) is 0 Å². The molecule has 0 aliphatic carbocycles. The smallest absolute Gasteiger partial charge is 0.295 e. The third-order valence-corrected chi connectivity index (χ3v) is 13.5. The van der Waals surface area contributed by atoms with Gasteiger partial charge in [0.25, 0.3) is 40.5 Å². The molecule has 6 aromatic rings. The number of azo groups is 2. The second kappa shape index (κ2) is 15.2. The fraction of sp³-hybridized carbons (Fsp3) is 0.